The van der Waals surface area contributed by atoms with Crippen LogP contribution in [0.1, 0.15) is 30.5 Å². The van der Waals surface area contributed by atoms with E-state index in [0.29, 0.717) is 12.1 Å². The minimum absolute atomic E-state index is 0.0782. The molecule has 1 rings (SSSR count). The molecular weight excluding hydrogens is 272 g/mol. The molecule has 0 amide bonds. The normalized spacial score (nSPS) is 13.5. The van der Waals surface area contributed by atoms with Crippen molar-refractivity contribution in [3.63, 3.8) is 0 Å². The summed E-state index contributed by atoms with van der Waals surface area (Å²) in [5.74, 6) is -1.38. The third-order valence-corrected chi connectivity index (χ3v) is 3.87. The van der Waals surface area contributed by atoms with Crippen LogP contribution in [0.5, 0.6) is 0 Å². The van der Waals surface area contributed by atoms with Gasteiger partial charge < -0.3 is 5.32 Å². The summed E-state index contributed by atoms with van der Waals surface area (Å²) in [6.07, 6.45) is 1.25. The second-order valence-electron chi connectivity index (χ2n) is 4.62. The molecule has 0 spiro atoms. The molecule has 0 saturated carbocycles. The van der Waals surface area contributed by atoms with E-state index >= 15 is 0 Å². The number of hydrogen-bond acceptors (Lipinski definition) is 3. The fourth-order valence-electron chi connectivity index (χ4n) is 1.92. The largest absolute Gasteiger partial charge is 0.310 e. The highest BCUT2D eigenvalue weighted by Gasteiger charge is 2.22. The minimum Gasteiger partial charge on any atom is -0.310 e. The van der Waals surface area contributed by atoms with E-state index in [2.05, 4.69) is 5.32 Å². The average molecular weight is 291 g/mol. The van der Waals surface area contributed by atoms with Crippen LogP contribution in [0.2, 0.25) is 0 Å². The summed E-state index contributed by atoms with van der Waals surface area (Å²) in [6, 6.07) is 1.94. The standard InChI is InChI=1S/C13H19F2NO2S/c1-4-16-11(7-8-19(3,17)18)12-10(14)6-5-9(2)13(12)15/h5-6,11,16H,4,7-8H2,1-3H3. The van der Waals surface area contributed by atoms with E-state index in [9.17, 15) is 17.2 Å². The van der Waals surface area contributed by atoms with Crippen LogP contribution in [0, 0.1) is 18.6 Å². The highest BCUT2D eigenvalue weighted by Crippen LogP contribution is 2.26. The molecule has 108 valence electrons. The van der Waals surface area contributed by atoms with Crippen LogP contribution in [0.4, 0.5) is 8.78 Å². The maximum atomic E-state index is 14.0. The highest BCUT2D eigenvalue weighted by atomic mass is 32.2. The van der Waals surface area contributed by atoms with E-state index in [1.165, 1.54) is 12.1 Å². The Labute approximate surface area is 112 Å². The van der Waals surface area contributed by atoms with Gasteiger partial charge in [-0.2, -0.15) is 0 Å². The van der Waals surface area contributed by atoms with E-state index < -0.39 is 27.5 Å². The number of rotatable bonds is 6. The van der Waals surface area contributed by atoms with Crippen molar-refractivity contribution >= 4 is 9.84 Å². The zero-order valence-corrected chi connectivity index (χ0v) is 12.2. The summed E-state index contributed by atoms with van der Waals surface area (Å²) in [4.78, 5) is 0. The monoisotopic (exact) mass is 291 g/mol. The van der Waals surface area contributed by atoms with E-state index in [-0.39, 0.29) is 17.7 Å². The molecule has 1 atom stereocenters. The summed E-state index contributed by atoms with van der Waals surface area (Å²) < 4.78 is 50.2. The smallest absolute Gasteiger partial charge is 0.147 e. The maximum Gasteiger partial charge on any atom is 0.147 e. The molecule has 0 heterocycles. The molecule has 0 aromatic heterocycles. The lowest BCUT2D eigenvalue weighted by molar-refractivity contribution is 0.462. The Hall–Kier alpha value is -1.01. The number of sulfone groups is 1. The van der Waals surface area contributed by atoms with E-state index in [0.717, 1.165) is 6.26 Å². The Morgan fingerprint density at radius 1 is 1.32 bits per heavy atom. The third-order valence-electron chi connectivity index (χ3n) is 2.90. The SMILES string of the molecule is CCNC(CCS(C)(=O)=O)c1c(F)ccc(C)c1F. The van der Waals surface area contributed by atoms with E-state index in [4.69, 9.17) is 0 Å². The summed E-state index contributed by atoms with van der Waals surface area (Å²) in [7, 11) is -3.17. The molecule has 19 heavy (non-hydrogen) atoms. The van der Waals surface area contributed by atoms with Gasteiger partial charge >= 0.3 is 0 Å². The van der Waals surface area contributed by atoms with Gasteiger partial charge in [0.05, 0.1) is 5.75 Å². The van der Waals surface area contributed by atoms with E-state index in [1.54, 1.807) is 13.8 Å². The van der Waals surface area contributed by atoms with Crippen molar-refractivity contribution in [3.8, 4) is 0 Å². The van der Waals surface area contributed by atoms with Crippen molar-refractivity contribution in [1.82, 2.24) is 5.32 Å². The van der Waals surface area contributed by atoms with Gasteiger partial charge in [0.25, 0.3) is 0 Å². The second-order valence-corrected chi connectivity index (χ2v) is 6.88. The summed E-state index contributed by atoms with van der Waals surface area (Å²) >= 11 is 0. The van der Waals surface area contributed by atoms with Crippen molar-refractivity contribution in [2.75, 3.05) is 18.6 Å². The summed E-state index contributed by atoms with van der Waals surface area (Å²) in [6.45, 7) is 3.86. The molecule has 0 aliphatic rings. The molecule has 3 nitrogen and oxygen atoms in total. The zero-order chi connectivity index (χ0) is 14.6. The highest BCUT2D eigenvalue weighted by molar-refractivity contribution is 7.90. The van der Waals surface area contributed by atoms with E-state index in [1.807, 2.05) is 0 Å². The van der Waals surface area contributed by atoms with Crippen LogP contribution in [0.25, 0.3) is 0 Å². The van der Waals surface area contributed by atoms with Crippen molar-refractivity contribution < 1.29 is 17.2 Å². The molecule has 0 radical (unpaired) electrons. The number of benzene rings is 1. The van der Waals surface area contributed by atoms with Crippen LogP contribution in [-0.2, 0) is 9.84 Å². The number of aryl methyl sites for hydroxylation is 1. The van der Waals surface area contributed by atoms with Gasteiger partial charge in [-0.1, -0.05) is 13.0 Å². The van der Waals surface area contributed by atoms with Crippen LogP contribution in [0.3, 0.4) is 0 Å². The fourth-order valence-corrected chi connectivity index (χ4v) is 2.59. The molecule has 1 N–H and O–H groups in total. The Morgan fingerprint density at radius 2 is 1.95 bits per heavy atom. The first-order valence-corrected chi connectivity index (χ1v) is 8.18. The van der Waals surface area contributed by atoms with Gasteiger partial charge in [-0.05, 0) is 31.5 Å². The maximum absolute atomic E-state index is 14.0. The lowest BCUT2D eigenvalue weighted by Crippen LogP contribution is -2.25. The Kier molecular flexibility index (Phi) is 5.43. The number of nitrogens with one attached hydrogen (secondary N) is 1. The van der Waals surface area contributed by atoms with Gasteiger partial charge in [-0.25, -0.2) is 17.2 Å². The first-order valence-electron chi connectivity index (χ1n) is 6.12. The average Bonchev–Trinajstić information content (AvgIpc) is 2.30. The van der Waals surface area contributed by atoms with Gasteiger partial charge in [0.2, 0.25) is 0 Å². The molecule has 0 aliphatic carbocycles. The molecule has 1 aromatic rings. The predicted octanol–water partition coefficient (Wildman–Crippen LogP) is 2.36. The first kappa shape index (κ1) is 16.0. The van der Waals surface area contributed by atoms with Crippen LogP contribution >= 0.6 is 0 Å². The number of halogens is 2. The Balaban J connectivity index is 3.08. The summed E-state index contributed by atoms with van der Waals surface area (Å²) in [5.41, 5.74) is 0.268. The topological polar surface area (TPSA) is 46.2 Å². The van der Waals surface area contributed by atoms with Gasteiger partial charge in [0.15, 0.2) is 0 Å². The van der Waals surface area contributed by atoms with Crippen molar-refractivity contribution in [2.45, 2.75) is 26.3 Å². The molecule has 0 saturated heterocycles. The van der Waals surface area contributed by atoms with Crippen molar-refractivity contribution in [3.05, 3.63) is 34.9 Å². The van der Waals surface area contributed by atoms with Crippen LogP contribution in [-0.4, -0.2) is 27.0 Å². The molecule has 0 aliphatic heterocycles. The van der Waals surface area contributed by atoms with Gasteiger partial charge in [-0.3, -0.25) is 0 Å². The summed E-state index contributed by atoms with van der Waals surface area (Å²) in [5, 5.41) is 2.94. The van der Waals surface area contributed by atoms with Crippen LogP contribution < -0.4 is 5.32 Å². The van der Waals surface area contributed by atoms with Gasteiger partial charge in [0.1, 0.15) is 21.5 Å². The fraction of sp³-hybridized carbons (Fsp3) is 0.538. The second kappa shape index (κ2) is 6.43. The Morgan fingerprint density at radius 3 is 2.47 bits per heavy atom. The minimum atomic E-state index is -3.17. The van der Waals surface area contributed by atoms with Crippen LogP contribution in [0.15, 0.2) is 12.1 Å². The Bertz CT molecular complexity index is 544. The molecular formula is C13H19F2NO2S. The lowest BCUT2D eigenvalue weighted by atomic mass is 10.0. The molecule has 1 unspecified atom stereocenters. The predicted molar refractivity (Wildman–Crippen MR) is 71.8 cm³/mol. The lowest BCUT2D eigenvalue weighted by Gasteiger charge is -2.20. The number of hydrogen-bond donors (Lipinski definition) is 1. The molecule has 1 aromatic carbocycles. The van der Waals surface area contributed by atoms with Crippen molar-refractivity contribution in [2.24, 2.45) is 0 Å². The molecule has 6 heteroatoms. The van der Waals surface area contributed by atoms with Gasteiger partial charge in [0, 0.05) is 17.9 Å². The van der Waals surface area contributed by atoms with Gasteiger partial charge in [-0.15, -0.1) is 0 Å². The first-order chi connectivity index (χ1) is 8.76. The quantitative estimate of drug-likeness (QED) is 0.875. The zero-order valence-electron chi connectivity index (χ0n) is 11.3. The third kappa shape index (κ3) is 4.54. The molecule has 0 fully saturated rings. The van der Waals surface area contributed by atoms with Crippen molar-refractivity contribution in [1.29, 1.82) is 0 Å². The molecule has 0 bridgehead atoms.